The van der Waals surface area contributed by atoms with Crippen LogP contribution in [0.3, 0.4) is 0 Å². The number of carboxylic acids is 1. The second-order valence-corrected chi connectivity index (χ2v) is 5.80. The Morgan fingerprint density at radius 1 is 1.25 bits per heavy atom. The lowest BCUT2D eigenvalue weighted by Crippen LogP contribution is -2.46. The van der Waals surface area contributed by atoms with Crippen molar-refractivity contribution in [1.29, 1.82) is 0 Å². The number of urea groups is 1. The molecule has 0 saturated heterocycles. The average molecular weight is 343 g/mol. The third-order valence-electron chi connectivity index (χ3n) is 2.83. The first-order chi connectivity index (χ1) is 9.31. The van der Waals surface area contributed by atoms with Crippen LogP contribution >= 0.6 is 15.9 Å². The number of halogens is 1. The van der Waals surface area contributed by atoms with Crippen LogP contribution in [0.25, 0.3) is 0 Å². The van der Waals surface area contributed by atoms with Gasteiger partial charge in [-0.05, 0) is 31.5 Å². The van der Waals surface area contributed by atoms with Crippen molar-refractivity contribution < 1.29 is 14.7 Å². The Hall–Kier alpha value is -1.56. The molecule has 0 radical (unpaired) electrons. The molecule has 6 heteroatoms. The standard InChI is InChI=1S/C14H19BrN2O3/c1-10(2)17(9-13(18)19)14(20)16(3)8-11-4-6-12(15)7-5-11/h4-7,10H,8-9H2,1-3H3,(H,18,19). The van der Waals surface area contributed by atoms with Gasteiger partial charge in [0, 0.05) is 24.1 Å². The summed E-state index contributed by atoms with van der Waals surface area (Å²) in [7, 11) is 1.67. The molecule has 1 rings (SSSR count). The third kappa shape index (κ3) is 4.85. The molecule has 0 aliphatic heterocycles. The highest BCUT2D eigenvalue weighted by Gasteiger charge is 2.22. The number of hydrogen-bond acceptors (Lipinski definition) is 2. The zero-order valence-electron chi connectivity index (χ0n) is 11.8. The van der Waals surface area contributed by atoms with Crippen LogP contribution in [0.15, 0.2) is 28.7 Å². The Bertz CT molecular complexity index is 474. The zero-order chi connectivity index (χ0) is 15.3. The van der Waals surface area contributed by atoms with Gasteiger partial charge in [-0.1, -0.05) is 28.1 Å². The number of carbonyl (C=O) groups is 2. The summed E-state index contributed by atoms with van der Waals surface area (Å²) in [6.45, 7) is 3.75. The predicted molar refractivity (Wildman–Crippen MR) is 80.5 cm³/mol. The Balaban J connectivity index is 2.73. The van der Waals surface area contributed by atoms with E-state index in [1.807, 2.05) is 24.3 Å². The summed E-state index contributed by atoms with van der Waals surface area (Å²) < 4.78 is 0.977. The number of aliphatic carboxylic acids is 1. The molecule has 0 bridgehead atoms. The van der Waals surface area contributed by atoms with E-state index in [1.54, 1.807) is 20.9 Å². The van der Waals surface area contributed by atoms with E-state index in [9.17, 15) is 9.59 Å². The topological polar surface area (TPSA) is 60.9 Å². The smallest absolute Gasteiger partial charge is 0.323 e. The molecule has 0 unspecified atom stereocenters. The third-order valence-corrected chi connectivity index (χ3v) is 3.36. The van der Waals surface area contributed by atoms with Crippen molar-refractivity contribution in [3.8, 4) is 0 Å². The van der Waals surface area contributed by atoms with Gasteiger partial charge in [-0.25, -0.2) is 4.79 Å². The van der Waals surface area contributed by atoms with Gasteiger partial charge in [0.15, 0.2) is 0 Å². The maximum absolute atomic E-state index is 12.3. The van der Waals surface area contributed by atoms with E-state index in [1.165, 1.54) is 9.80 Å². The fourth-order valence-electron chi connectivity index (χ4n) is 1.77. The molecule has 1 aromatic rings. The summed E-state index contributed by atoms with van der Waals surface area (Å²) in [5.74, 6) is -1.01. The number of nitrogens with zero attached hydrogens (tertiary/aromatic N) is 2. The molecular formula is C14H19BrN2O3. The second-order valence-electron chi connectivity index (χ2n) is 4.88. The molecule has 1 aromatic carbocycles. The van der Waals surface area contributed by atoms with Gasteiger partial charge in [0.25, 0.3) is 0 Å². The van der Waals surface area contributed by atoms with Gasteiger partial charge in [0.05, 0.1) is 0 Å². The van der Waals surface area contributed by atoms with E-state index >= 15 is 0 Å². The van der Waals surface area contributed by atoms with Crippen LogP contribution < -0.4 is 0 Å². The van der Waals surface area contributed by atoms with Crippen molar-refractivity contribution in [1.82, 2.24) is 9.80 Å². The summed E-state index contributed by atoms with van der Waals surface area (Å²) >= 11 is 3.36. The molecule has 20 heavy (non-hydrogen) atoms. The van der Waals surface area contributed by atoms with Crippen LogP contribution in [0.4, 0.5) is 4.79 Å². The summed E-state index contributed by atoms with van der Waals surface area (Å²) in [6.07, 6.45) is 0. The van der Waals surface area contributed by atoms with Crippen molar-refractivity contribution in [2.45, 2.75) is 26.4 Å². The summed E-state index contributed by atoms with van der Waals surface area (Å²) in [5, 5.41) is 8.87. The highest BCUT2D eigenvalue weighted by molar-refractivity contribution is 9.10. The van der Waals surface area contributed by atoms with Crippen molar-refractivity contribution in [2.24, 2.45) is 0 Å². The lowest BCUT2D eigenvalue weighted by molar-refractivity contribution is -0.138. The first-order valence-corrected chi connectivity index (χ1v) is 7.08. The molecule has 0 fully saturated rings. The van der Waals surface area contributed by atoms with E-state index in [4.69, 9.17) is 5.11 Å². The Kier molecular flexibility index (Phi) is 6.01. The highest BCUT2D eigenvalue weighted by atomic mass is 79.9. The lowest BCUT2D eigenvalue weighted by atomic mass is 10.2. The molecule has 2 amide bonds. The molecular weight excluding hydrogens is 324 g/mol. The fraction of sp³-hybridized carbons (Fsp3) is 0.429. The van der Waals surface area contributed by atoms with E-state index in [-0.39, 0.29) is 18.6 Å². The molecule has 0 spiro atoms. The van der Waals surface area contributed by atoms with Crippen LogP contribution in [0, 0.1) is 0 Å². The van der Waals surface area contributed by atoms with E-state index in [0.717, 1.165) is 10.0 Å². The first-order valence-electron chi connectivity index (χ1n) is 6.29. The number of benzene rings is 1. The maximum Gasteiger partial charge on any atom is 0.323 e. The Labute approximate surface area is 127 Å². The average Bonchev–Trinajstić information content (AvgIpc) is 2.37. The molecule has 0 heterocycles. The van der Waals surface area contributed by atoms with Crippen molar-refractivity contribution >= 4 is 27.9 Å². The second kappa shape index (κ2) is 7.28. The largest absolute Gasteiger partial charge is 0.480 e. The first kappa shape index (κ1) is 16.5. The van der Waals surface area contributed by atoms with Crippen LogP contribution in [-0.2, 0) is 11.3 Å². The van der Waals surface area contributed by atoms with Crippen molar-refractivity contribution in [3.63, 3.8) is 0 Å². The van der Waals surface area contributed by atoms with Crippen LogP contribution in [0.2, 0.25) is 0 Å². The van der Waals surface area contributed by atoms with Crippen LogP contribution in [0.5, 0.6) is 0 Å². The monoisotopic (exact) mass is 342 g/mol. The van der Waals surface area contributed by atoms with Crippen LogP contribution in [0.1, 0.15) is 19.4 Å². The van der Waals surface area contributed by atoms with E-state index in [0.29, 0.717) is 6.54 Å². The van der Waals surface area contributed by atoms with Gasteiger partial charge < -0.3 is 14.9 Å². The SMILES string of the molecule is CC(C)N(CC(=O)O)C(=O)N(C)Cc1ccc(Br)cc1. The van der Waals surface area contributed by atoms with Gasteiger partial charge in [-0.2, -0.15) is 0 Å². The molecule has 1 N–H and O–H groups in total. The number of hydrogen-bond donors (Lipinski definition) is 1. The molecule has 0 aromatic heterocycles. The minimum atomic E-state index is -1.01. The van der Waals surface area contributed by atoms with E-state index < -0.39 is 5.97 Å². The van der Waals surface area contributed by atoms with Crippen molar-refractivity contribution in [3.05, 3.63) is 34.3 Å². The molecule has 5 nitrogen and oxygen atoms in total. The molecule has 0 atom stereocenters. The Morgan fingerprint density at radius 3 is 2.25 bits per heavy atom. The van der Waals surface area contributed by atoms with Crippen molar-refractivity contribution in [2.75, 3.05) is 13.6 Å². The summed E-state index contributed by atoms with van der Waals surface area (Å²) in [4.78, 5) is 25.9. The number of amides is 2. The predicted octanol–water partition coefficient (Wildman–Crippen LogP) is 2.80. The van der Waals surface area contributed by atoms with Gasteiger partial charge in [0.1, 0.15) is 6.54 Å². The van der Waals surface area contributed by atoms with Crippen LogP contribution in [-0.4, -0.2) is 46.5 Å². The summed E-state index contributed by atoms with van der Waals surface area (Å²) in [5.41, 5.74) is 0.989. The number of rotatable bonds is 5. The van der Waals surface area contributed by atoms with Gasteiger partial charge in [0.2, 0.25) is 0 Å². The quantitative estimate of drug-likeness (QED) is 0.894. The maximum atomic E-state index is 12.3. The molecule has 0 saturated carbocycles. The fourth-order valence-corrected chi connectivity index (χ4v) is 2.03. The lowest BCUT2D eigenvalue weighted by Gasteiger charge is -2.30. The number of carboxylic acid groups (broad SMARTS) is 1. The zero-order valence-corrected chi connectivity index (χ0v) is 13.4. The summed E-state index contributed by atoms with van der Waals surface area (Å²) in [6, 6.07) is 7.21. The highest BCUT2D eigenvalue weighted by Crippen LogP contribution is 2.13. The normalized spacial score (nSPS) is 10.4. The molecule has 0 aliphatic rings. The Morgan fingerprint density at radius 2 is 1.80 bits per heavy atom. The minimum Gasteiger partial charge on any atom is -0.480 e. The van der Waals surface area contributed by atoms with Gasteiger partial charge in [-0.3, -0.25) is 4.79 Å². The van der Waals surface area contributed by atoms with E-state index in [2.05, 4.69) is 15.9 Å². The number of carbonyl (C=O) groups excluding carboxylic acids is 1. The van der Waals surface area contributed by atoms with Gasteiger partial charge >= 0.3 is 12.0 Å². The van der Waals surface area contributed by atoms with Gasteiger partial charge in [-0.15, -0.1) is 0 Å². The minimum absolute atomic E-state index is 0.161. The molecule has 110 valence electrons. The molecule has 0 aliphatic carbocycles.